The number of hydrogen-bond donors (Lipinski definition) is 1. The molecule has 1 N–H and O–H groups in total. The monoisotopic (exact) mass is 332 g/mol. The van der Waals surface area contributed by atoms with Crippen molar-refractivity contribution in [2.75, 3.05) is 12.4 Å². The lowest BCUT2D eigenvalue weighted by Crippen LogP contribution is -2.10. The molecular formula is C21H20N2O2. The highest BCUT2D eigenvalue weighted by Gasteiger charge is 2.18. The highest BCUT2D eigenvalue weighted by atomic mass is 16.5. The largest absolute Gasteiger partial charge is 0.465 e. The zero-order valence-electron chi connectivity index (χ0n) is 14.3. The number of nitrogens with zero attached hydrogens (tertiary/aromatic N) is 1. The quantitative estimate of drug-likeness (QED) is 0.701. The topological polar surface area (TPSA) is 51.2 Å². The minimum Gasteiger partial charge on any atom is -0.465 e. The van der Waals surface area contributed by atoms with Gasteiger partial charge < -0.3 is 10.1 Å². The highest BCUT2D eigenvalue weighted by molar-refractivity contribution is 5.98. The van der Waals surface area contributed by atoms with E-state index in [0.717, 1.165) is 16.9 Å². The Kier molecular flexibility index (Phi) is 5.09. The molecule has 126 valence electrons. The molecule has 1 aromatic heterocycles. The van der Waals surface area contributed by atoms with Crippen molar-refractivity contribution in [3.8, 4) is 11.1 Å². The van der Waals surface area contributed by atoms with Gasteiger partial charge >= 0.3 is 5.97 Å². The normalized spacial score (nSPS) is 10.3. The second kappa shape index (κ2) is 7.62. The molecule has 3 rings (SSSR count). The number of methoxy groups -OCH3 is 1. The Morgan fingerprint density at radius 3 is 2.32 bits per heavy atom. The summed E-state index contributed by atoms with van der Waals surface area (Å²) in [6.45, 7) is 2.49. The molecule has 0 atom stereocenters. The van der Waals surface area contributed by atoms with Crippen molar-refractivity contribution in [1.29, 1.82) is 0 Å². The second-order valence-corrected chi connectivity index (χ2v) is 5.71. The van der Waals surface area contributed by atoms with Crippen LogP contribution in [0.25, 0.3) is 11.1 Å². The van der Waals surface area contributed by atoms with E-state index < -0.39 is 0 Å². The van der Waals surface area contributed by atoms with Crippen LogP contribution in [-0.4, -0.2) is 18.1 Å². The van der Waals surface area contributed by atoms with Gasteiger partial charge in [0.25, 0.3) is 0 Å². The van der Waals surface area contributed by atoms with Crippen molar-refractivity contribution in [3.63, 3.8) is 0 Å². The lowest BCUT2D eigenvalue weighted by Gasteiger charge is -2.14. The minimum absolute atomic E-state index is 0.376. The number of aryl methyl sites for hydroxylation is 1. The molecule has 4 heteroatoms. The molecule has 2 aromatic carbocycles. The van der Waals surface area contributed by atoms with Crippen LogP contribution in [0.1, 0.15) is 21.6 Å². The number of benzene rings is 2. The lowest BCUT2D eigenvalue weighted by molar-refractivity contribution is 0.0600. The van der Waals surface area contributed by atoms with Gasteiger partial charge in [-0.15, -0.1) is 0 Å². The number of esters is 1. The Bertz CT molecular complexity index is 862. The Balaban J connectivity index is 1.98. The van der Waals surface area contributed by atoms with Crippen molar-refractivity contribution in [1.82, 2.24) is 4.98 Å². The zero-order valence-corrected chi connectivity index (χ0v) is 14.3. The standard InChI is InChI=1S/C21H20N2O2/c1-15-20(21(24)25-2)18(17-11-7-4-8-12-17)13-19(23-15)22-14-16-9-5-3-6-10-16/h3-13H,14H2,1-2H3,(H,22,23). The molecule has 0 saturated heterocycles. The third-order valence-corrected chi connectivity index (χ3v) is 3.99. The van der Waals surface area contributed by atoms with Gasteiger partial charge in [0.2, 0.25) is 0 Å². The molecule has 0 unspecified atom stereocenters. The van der Waals surface area contributed by atoms with E-state index in [0.29, 0.717) is 17.8 Å². The van der Waals surface area contributed by atoms with Gasteiger partial charge in [0.15, 0.2) is 0 Å². The number of rotatable bonds is 5. The number of ether oxygens (including phenoxy) is 1. The number of anilines is 1. The summed E-state index contributed by atoms with van der Waals surface area (Å²) in [6.07, 6.45) is 0. The fourth-order valence-corrected chi connectivity index (χ4v) is 2.76. The predicted octanol–water partition coefficient (Wildman–Crippen LogP) is 4.46. The van der Waals surface area contributed by atoms with Gasteiger partial charge in [0.1, 0.15) is 5.82 Å². The Labute approximate surface area is 147 Å². The van der Waals surface area contributed by atoms with Crippen LogP contribution in [0, 0.1) is 6.92 Å². The molecule has 0 radical (unpaired) electrons. The number of nitrogens with one attached hydrogen (secondary N) is 1. The first-order valence-corrected chi connectivity index (χ1v) is 8.12. The van der Waals surface area contributed by atoms with E-state index in [1.165, 1.54) is 12.7 Å². The van der Waals surface area contributed by atoms with Crippen LogP contribution >= 0.6 is 0 Å². The summed E-state index contributed by atoms with van der Waals surface area (Å²) in [5, 5.41) is 3.33. The maximum atomic E-state index is 12.2. The van der Waals surface area contributed by atoms with Crippen LogP contribution in [0.4, 0.5) is 5.82 Å². The molecule has 0 bridgehead atoms. The van der Waals surface area contributed by atoms with Crippen molar-refractivity contribution < 1.29 is 9.53 Å². The van der Waals surface area contributed by atoms with Crippen molar-refractivity contribution in [2.24, 2.45) is 0 Å². The van der Waals surface area contributed by atoms with E-state index in [2.05, 4.69) is 22.4 Å². The lowest BCUT2D eigenvalue weighted by atomic mass is 9.99. The Morgan fingerprint density at radius 2 is 1.68 bits per heavy atom. The van der Waals surface area contributed by atoms with E-state index in [-0.39, 0.29) is 5.97 Å². The molecule has 0 saturated carbocycles. The van der Waals surface area contributed by atoms with Gasteiger partial charge in [-0.25, -0.2) is 9.78 Å². The third kappa shape index (κ3) is 3.86. The smallest absolute Gasteiger partial charge is 0.340 e. The van der Waals surface area contributed by atoms with E-state index in [1.807, 2.05) is 61.5 Å². The van der Waals surface area contributed by atoms with Gasteiger partial charge in [0.05, 0.1) is 18.4 Å². The van der Waals surface area contributed by atoms with Crippen LogP contribution in [-0.2, 0) is 11.3 Å². The van der Waals surface area contributed by atoms with Crippen molar-refractivity contribution in [2.45, 2.75) is 13.5 Å². The predicted molar refractivity (Wildman–Crippen MR) is 99.5 cm³/mol. The Morgan fingerprint density at radius 1 is 1.04 bits per heavy atom. The summed E-state index contributed by atoms with van der Waals surface area (Å²) >= 11 is 0. The summed E-state index contributed by atoms with van der Waals surface area (Å²) in [7, 11) is 1.39. The van der Waals surface area contributed by atoms with Gasteiger partial charge in [0, 0.05) is 12.1 Å². The molecular weight excluding hydrogens is 312 g/mol. The van der Waals surface area contributed by atoms with Crippen LogP contribution in [0.3, 0.4) is 0 Å². The van der Waals surface area contributed by atoms with Crippen LogP contribution < -0.4 is 5.32 Å². The number of aromatic nitrogens is 1. The fourth-order valence-electron chi connectivity index (χ4n) is 2.76. The number of pyridine rings is 1. The van der Waals surface area contributed by atoms with Crippen LogP contribution in [0.2, 0.25) is 0 Å². The van der Waals surface area contributed by atoms with E-state index in [4.69, 9.17) is 4.74 Å². The highest BCUT2D eigenvalue weighted by Crippen LogP contribution is 2.28. The molecule has 1 heterocycles. The summed E-state index contributed by atoms with van der Waals surface area (Å²) in [6, 6.07) is 21.8. The van der Waals surface area contributed by atoms with Crippen molar-refractivity contribution in [3.05, 3.63) is 83.6 Å². The van der Waals surface area contributed by atoms with Crippen LogP contribution in [0.15, 0.2) is 66.7 Å². The summed E-state index contributed by atoms with van der Waals surface area (Å²) in [5.74, 6) is 0.353. The van der Waals surface area contributed by atoms with Gasteiger partial charge in [-0.2, -0.15) is 0 Å². The molecule has 4 nitrogen and oxygen atoms in total. The minimum atomic E-state index is -0.376. The number of carbonyl (C=O) groups is 1. The maximum absolute atomic E-state index is 12.2. The fraction of sp³-hybridized carbons (Fsp3) is 0.143. The first-order valence-electron chi connectivity index (χ1n) is 8.12. The van der Waals surface area contributed by atoms with E-state index >= 15 is 0 Å². The van der Waals surface area contributed by atoms with Crippen molar-refractivity contribution >= 4 is 11.8 Å². The van der Waals surface area contributed by atoms with Crippen LogP contribution in [0.5, 0.6) is 0 Å². The molecule has 0 aliphatic carbocycles. The first-order chi connectivity index (χ1) is 12.2. The van der Waals surface area contributed by atoms with Gasteiger partial charge in [-0.1, -0.05) is 60.7 Å². The van der Waals surface area contributed by atoms with Gasteiger partial charge in [-0.05, 0) is 24.1 Å². The molecule has 0 amide bonds. The summed E-state index contributed by atoms with van der Waals surface area (Å²) < 4.78 is 4.95. The van der Waals surface area contributed by atoms with E-state index in [9.17, 15) is 4.79 Å². The molecule has 25 heavy (non-hydrogen) atoms. The average Bonchev–Trinajstić information content (AvgIpc) is 2.67. The molecule has 3 aromatic rings. The second-order valence-electron chi connectivity index (χ2n) is 5.71. The molecule has 0 fully saturated rings. The average molecular weight is 332 g/mol. The first kappa shape index (κ1) is 16.7. The molecule has 0 aliphatic rings. The third-order valence-electron chi connectivity index (χ3n) is 3.99. The molecule has 0 aliphatic heterocycles. The SMILES string of the molecule is COC(=O)c1c(-c2ccccc2)cc(NCc2ccccc2)nc1C. The Hall–Kier alpha value is -3.14. The van der Waals surface area contributed by atoms with Gasteiger partial charge in [-0.3, -0.25) is 0 Å². The summed E-state index contributed by atoms with van der Waals surface area (Å²) in [4.78, 5) is 16.8. The number of hydrogen-bond acceptors (Lipinski definition) is 4. The number of carbonyl (C=O) groups excluding carboxylic acids is 1. The molecule has 0 spiro atoms. The van der Waals surface area contributed by atoms with E-state index in [1.54, 1.807) is 0 Å². The summed E-state index contributed by atoms with van der Waals surface area (Å²) in [5.41, 5.74) is 4.08. The zero-order chi connectivity index (χ0) is 17.6. The maximum Gasteiger partial charge on any atom is 0.340 e.